The summed E-state index contributed by atoms with van der Waals surface area (Å²) in [6, 6.07) is 8.12. The number of para-hydroxylation sites is 1. The number of hydrogen-bond donors (Lipinski definition) is 3. The summed E-state index contributed by atoms with van der Waals surface area (Å²) in [6.45, 7) is 10.9. The minimum atomic E-state index is 0.306. The predicted octanol–water partition coefficient (Wildman–Crippen LogP) is 7.25. The topological polar surface area (TPSA) is 62.0 Å². The Hall–Kier alpha value is -2.76. The zero-order valence-electron chi connectivity index (χ0n) is 21.0. The molecule has 0 aliphatic heterocycles. The van der Waals surface area contributed by atoms with Crippen LogP contribution in [0.1, 0.15) is 50.4 Å². The second-order valence-corrected chi connectivity index (χ2v) is 9.35. The van der Waals surface area contributed by atoms with Crippen LogP contribution in [-0.4, -0.2) is 30.2 Å². The molecule has 0 saturated carbocycles. The van der Waals surface area contributed by atoms with Gasteiger partial charge in [-0.1, -0.05) is 57.0 Å². The third-order valence-electron chi connectivity index (χ3n) is 6.28. The van der Waals surface area contributed by atoms with E-state index in [9.17, 15) is 0 Å². The molecule has 0 fully saturated rings. The van der Waals surface area contributed by atoms with Gasteiger partial charge in [0.2, 0.25) is 0 Å². The molecule has 0 saturated heterocycles. The molecule has 34 heavy (non-hydrogen) atoms. The highest BCUT2D eigenvalue weighted by atomic mass is 35.5. The average molecular weight is 481 g/mol. The Morgan fingerprint density at radius 3 is 2.71 bits per heavy atom. The zero-order valence-corrected chi connectivity index (χ0v) is 21.7. The molecule has 2 aromatic heterocycles. The number of rotatable bonds is 12. The number of nitrogens with zero attached hydrogens (tertiary/aromatic N) is 1. The van der Waals surface area contributed by atoms with Crippen LogP contribution in [-0.2, 0) is 12.8 Å². The number of likely N-dealkylation sites (N-methyl/N-ethyl adjacent to an activating group) is 1. The van der Waals surface area contributed by atoms with Gasteiger partial charge in [0.1, 0.15) is 0 Å². The molecule has 0 radical (unpaired) electrons. The van der Waals surface area contributed by atoms with Gasteiger partial charge in [0.25, 0.3) is 0 Å². The fraction of sp³-hybridized carbons (Fsp3) is 0.393. The third kappa shape index (κ3) is 5.83. The van der Waals surface area contributed by atoms with Crippen LogP contribution >= 0.6 is 11.6 Å². The van der Waals surface area contributed by atoms with Gasteiger partial charge in [0.05, 0.1) is 29.2 Å². The number of aromatic nitrogens is 2. The van der Waals surface area contributed by atoms with Gasteiger partial charge >= 0.3 is 0 Å². The molecule has 3 N–H and O–H groups in total. The summed E-state index contributed by atoms with van der Waals surface area (Å²) >= 11 is 6.42. The van der Waals surface area contributed by atoms with Crippen molar-refractivity contribution >= 4 is 29.1 Å². The molecule has 182 valence electrons. The minimum Gasteiger partial charge on any atom is -0.493 e. The lowest BCUT2D eigenvalue weighted by atomic mass is 9.93. The molecule has 2 atom stereocenters. The van der Waals surface area contributed by atoms with Crippen molar-refractivity contribution in [3.63, 3.8) is 0 Å². The Balaban J connectivity index is 2.18. The number of nitrogens with one attached hydrogen (secondary N) is 3. The molecule has 6 heteroatoms. The van der Waals surface area contributed by atoms with Crippen molar-refractivity contribution in [2.24, 2.45) is 5.92 Å². The van der Waals surface area contributed by atoms with E-state index < -0.39 is 0 Å². The number of anilines is 2. The monoisotopic (exact) mass is 480 g/mol. The van der Waals surface area contributed by atoms with Crippen molar-refractivity contribution in [3.05, 3.63) is 65.1 Å². The van der Waals surface area contributed by atoms with E-state index in [1.807, 2.05) is 43.7 Å². The summed E-state index contributed by atoms with van der Waals surface area (Å²) in [5.74, 6) is 1.19. The highest BCUT2D eigenvalue weighted by Crippen LogP contribution is 2.41. The van der Waals surface area contributed by atoms with Crippen LogP contribution in [0.15, 0.2) is 43.2 Å². The number of methoxy groups -OCH3 is 1. The number of halogens is 1. The summed E-state index contributed by atoms with van der Waals surface area (Å²) < 4.78 is 5.61. The first-order valence-electron chi connectivity index (χ1n) is 12.0. The quantitative estimate of drug-likeness (QED) is 0.255. The first-order chi connectivity index (χ1) is 16.4. The van der Waals surface area contributed by atoms with Crippen LogP contribution in [0.4, 0.5) is 11.4 Å². The second-order valence-electron chi connectivity index (χ2n) is 8.94. The van der Waals surface area contributed by atoms with Crippen LogP contribution in [0.5, 0.6) is 5.75 Å². The van der Waals surface area contributed by atoms with Crippen LogP contribution in [0.25, 0.3) is 17.3 Å². The van der Waals surface area contributed by atoms with E-state index in [1.54, 1.807) is 7.11 Å². The Labute approximate surface area is 209 Å². The summed E-state index contributed by atoms with van der Waals surface area (Å²) in [4.78, 5) is 8.17. The van der Waals surface area contributed by atoms with Gasteiger partial charge in [-0.25, -0.2) is 0 Å². The summed E-state index contributed by atoms with van der Waals surface area (Å²) in [7, 11) is 3.61. The molecule has 0 aliphatic carbocycles. The molecule has 5 nitrogen and oxygen atoms in total. The Morgan fingerprint density at radius 2 is 2.03 bits per heavy atom. The second kappa shape index (κ2) is 12.1. The van der Waals surface area contributed by atoms with Crippen molar-refractivity contribution in [1.29, 1.82) is 0 Å². The van der Waals surface area contributed by atoms with E-state index in [-0.39, 0.29) is 0 Å². The van der Waals surface area contributed by atoms with E-state index in [4.69, 9.17) is 16.3 Å². The summed E-state index contributed by atoms with van der Waals surface area (Å²) in [5, 5.41) is 7.52. The molecule has 0 amide bonds. The van der Waals surface area contributed by atoms with Crippen molar-refractivity contribution in [2.45, 2.75) is 52.5 Å². The Morgan fingerprint density at radius 1 is 1.24 bits per heavy atom. The normalized spacial score (nSPS) is 12.9. The summed E-state index contributed by atoms with van der Waals surface area (Å²) in [5.41, 5.74) is 7.34. The average Bonchev–Trinajstić information content (AvgIpc) is 3.16. The molecule has 2 heterocycles. The zero-order chi connectivity index (χ0) is 24.7. The van der Waals surface area contributed by atoms with Crippen molar-refractivity contribution in [3.8, 4) is 17.0 Å². The highest BCUT2D eigenvalue weighted by Gasteiger charge is 2.22. The van der Waals surface area contributed by atoms with Gasteiger partial charge in [0, 0.05) is 41.7 Å². The smallest absolute Gasteiger partial charge is 0.160 e. The molecule has 3 rings (SSSR count). The van der Waals surface area contributed by atoms with Crippen LogP contribution < -0.4 is 15.4 Å². The molecule has 3 aromatic rings. The van der Waals surface area contributed by atoms with Gasteiger partial charge in [-0.3, -0.25) is 4.98 Å². The predicted molar refractivity (Wildman–Crippen MR) is 145 cm³/mol. The standard InChI is InChI=1S/C28H37ClN4O/c1-7-10-18(3)15-20-17-31-14-13-22(20)27-26(21(8-2)25(33-27)16-19(4)30-5)32-24-12-9-11-23(29)28(24)34-6/h8-9,11-14,17-19,30,32-33H,2,7,10,15-16H2,1,3-6H3. The highest BCUT2D eigenvalue weighted by molar-refractivity contribution is 6.32. The van der Waals surface area contributed by atoms with E-state index in [1.165, 1.54) is 18.4 Å². The minimum absolute atomic E-state index is 0.306. The maximum Gasteiger partial charge on any atom is 0.160 e. The van der Waals surface area contributed by atoms with E-state index in [0.29, 0.717) is 22.7 Å². The molecule has 1 aromatic carbocycles. The third-order valence-corrected chi connectivity index (χ3v) is 6.58. The lowest BCUT2D eigenvalue weighted by molar-refractivity contribution is 0.417. The van der Waals surface area contributed by atoms with Gasteiger partial charge in [-0.15, -0.1) is 0 Å². The molecule has 0 aliphatic rings. The largest absolute Gasteiger partial charge is 0.493 e. The molecular formula is C28H37ClN4O. The number of aromatic amines is 1. The Kier molecular flexibility index (Phi) is 9.20. The Bertz CT molecular complexity index is 1110. The van der Waals surface area contributed by atoms with Gasteiger partial charge < -0.3 is 20.4 Å². The lowest BCUT2D eigenvalue weighted by Crippen LogP contribution is -2.24. The van der Waals surface area contributed by atoms with E-state index in [2.05, 4.69) is 54.0 Å². The van der Waals surface area contributed by atoms with Crippen LogP contribution in [0.3, 0.4) is 0 Å². The SMILES string of the molecule is C=Cc1c(CC(C)NC)[nH]c(-c2ccncc2CC(C)CCC)c1Nc1cccc(Cl)c1OC. The maximum atomic E-state index is 6.42. The first-order valence-corrected chi connectivity index (χ1v) is 12.4. The first kappa shape index (κ1) is 25.9. The maximum absolute atomic E-state index is 6.42. The lowest BCUT2D eigenvalue weighted by Gasteiger charge is -2.17. The number of pyridine rings is 1. The molecule has 0 bridgehead atoms. The van der Waals surface area contributed by atoms with Gasteiger partial charge in [-0.05, 0) is 50.1 Å². The van der Waals surface area contributed by atoms with E-state index >= 15 is 0 Å². The fourth-order valence-electron chi connectivity index (χ4n) is 4.45. The molecule has 0 spiro atoms. The number of hydrogen-bond acceptors (Lipinski definition) is 4. The van der Waals surface area contributed by atoms with Gasteiger partial charge in [0.15, 0.2) is 5.75 Å². The van der Waals surface area contributed by atoms with Crippen LogP contribution in [0.2, 0.25) is 5.02 Å². The fourth-order valence-corrected chi connectivity index (χ4v) is 4.70. The van der Waals surface area contributed by atoms with Crippen LogP contribution in [0, 0.1) is 5.92 Å². The van der Waals surface area contributed by atoms with Gasteiger partial charge in [-0.2, -0.15) is 0 Å². The van der Waals surface area contributed by atoms with E-state index in [0.717, 1.165) is 46.7 Å². The number of benzene rings is 1. The van der Waals surface area contributed by atoms with Crippen molar-refractivity contribution < 1.29 is 4.74 Å². The molecular weight excluding hydrogens is 444 g/mol. The number of ether oxygens (including phenoxy) is 1. The summed E-state index contributed by atoms with van der Waals surface area (Å²) in [6.07, 6.45) is 9.94. The molecule has 2 unspecified atom stereocenters. The van der Waals surface area contributed by atoms with Crippen molar-refractivity contribution in [1.82, 2.24) is 15.3 Å². The van der Waals surface area contributed by atoms with Crippen molar-refractivity contribution in [2.75, 3.05) is 19.5 Å². The number of H-pyrrole nitrogens is 1.